The second kappa shape index (κ2) is 17.6. The van der Waals surface area contributed by atoms with Crippen molar-refractivity contribution < 1.29 is 23.8 Å². The molecule has 236 valence electrons. The van der Waals surface area contributed by atoms with Gasteiger partial charge in [-0.15, -0.1) is 0 Å². The summed E-state index contributed by atoms with van der Waals surface area (Å²) in [6.07, 6.45) is 2.84. The number of hydrogen-bond acceptors (Lipinski definition) is 6. The Morgan fingerprint density at radius 1 is 0.822 bits per heavy atom. The fourth-order valence-corrected chi connectivity index (χ4v) is 5.54. The Hall–Kier alpha value is -3.84. The standard InChI is InChI=1S/C37H39Cl2NO5/c1-3-44-36(41)10-6-7-22-40(25-27-11-17-31(18-12-27)37(42)43-2)23-21-30-8-4-5-9-35(30)45-26-28-13-15-29(16-14-28)33-20-19-32(38)24-34(33)39/h4-5,8-9,11-20,24H,3,6-7,10,21-23,25-26H2,1-2H3. The van der Waals surface area contributed by atoms with Crippen LogP contribution in [0.4, 0.5) is 0 Å². The van der Waals surface area contributed by atoms with E-state index in [9.17, 15) is 9.59 Å². The van der Waals surface area contributed by atoms with Crippen LogP contribution in [0.2, 0.25) is 10.0 Å². The summed E-state index contributed by atoms with van der Waals surface area (Å²) in [5.74, 6) is 0.347. The minimum absolute atomic E-state index is 0.156. The molecule has 0 amide bonds. The lowest BCUT2D eigenvalue weighted by molar-refractivity contribution is -0.143. The van der Waals surface area contributed by atoms with E-state index in [0.29, 0.717) is 41.8 Å². The van der Waals surface area contributed by atoms with Crippen molar-refractivity contribution in [3.63, 3.8) is 0 Å². The minimum atomic E-state index is -0.351. The molecule has 6 nitrogen and oxygen atoms in total. The van der Waals surface area contributed by atoms with Crippen LogP contribution in [-0.4, -0.2) is 43.6 Å². The maximum atomic E-state index is 11.9. The van der Waals surface area contributed by atoms with Crippen LogP contribution in [0.15, 0.2) is 91.0 Å². The maximum Gasteiger partial charge on any atom is 0.337 e. The first-order valence-corrected chi connectivity index (χ1v) is 15.9. The molecular formula is C37H39Cl2NO5. The van der Waals surface area contributed by atoms with Crippen LogP contribution in [-0.2, 0) is 33.8 Å². The molecule has 0 saturated heterocycles. The quantitative estimate of drug-likeness (QED) is 0.0894. The molecule has 45 heavy (non-hydrogen) atoms. The molecule has 0 bridgehead atoms. The second-order valence-corrected chi connectivity index (χ2v) is 11.5. The van der Waals surface area contributed by atoms with Gasteiger partial charge in [-0.05, 0) is 85.3 Å². The Morgan fingerprint density at radius 2 is 1.56 bits per heavy atom. The number of ether oxygens (including phenoxy) is 3. The molecule has 4 rings (SSSR count). The molecule has 0 aliphatic carbocycles. The summed E-state index contributed by atoms with van der Waals surface area (Å²) in [5, 5.41) is 1.23. The number of halogens is 2. The summed E-state index contributed by atoms with van der Waals surface area (Å²) in [6, 6.07) is 29.3. The number of carbonyl (C=O) groups excluding carboxylic acids is 2. The summed E-state index contributed by atoms with van der Waals surface area (Å²) in [4.78, 5) is 26.0. The average Bonchev–Trinajstić information content (AvgIpc) is 3.05. The zero-order valence-electron chi connectivity index (χ0n) is 25.8. The van der Waals surface area contributed by atoms with Crippen LogP contribution in [0.1, 0.15) is 53.2 Å². The van der Waals surface area contributed by atoms with Gasteiger partial charge in [0.1, 0.15) is 12.4 Å². The van der Waals surface area contributed by atoms with Gasteiger partial charge in [-0.25, -0.2) is 4.79 Å². The number of benzene rings is 4. The van der Waals surface area contributed by atoms with E-state index in [0.717, 1.165) is 65.9 Å². The molecule has 0 aromatic heterocycles. The first-order valence-electron chi connectivity index (χ1n) is 15.2. The fraction of sp³-hybridized carbons (Fsp3) is 0.297. The van der Waals surface area contributed by atoms with E-state index in [2.05, 4.69) is 11.0 Å². The van der Waals surface area contributed by atoms with Crippen LogP contribution in [0.3, 0.4) is 0 Å². The van der Waals surface area contributed by atoms with Gasteiger partial charge in [0.2, 0.25) is 0 Å². The van der Waals surface area contributed by atoms with Gasteiger partial charge in [-0.1, -0.05) is 83.9 Å². The van der Waals surface area contributed by atoms with Crippen molar-refractivity contribution >= 4 is 35.1 Å². The first kappa shape index (κ1) is 34.0. The number of carbonyl (C=O) groups is 2. The minimum Gasteiger partial charge on any atom is -0.489 e. The maximum absolute atomic E-state index is 11.9. The first-order chi connectivity index (χ1) is 21.9. The molecule has 4 aromatic carbocycles. The van der Waals surface area contributed by atoms with Crippen LogP contribution >= 0.6 is 23.2 Å². The smallest absolute Gasteiger partial charge is 0.337 e. The largest absolute Gasteiger partial charge is 0.489 e. The predicted octanol–water partition coefficient (Wildman–Crippen LogP) is 8.80. The van der Waals surface area contributed by atoms with Gasteiger partial charge in [0.25, 0.3) is 0 Å². The lowest BCUT2D eigenvalue weighted by Crippen LogP contribution is -2.27. The predicted molar refractivity (Wildman–Crippen MR) is 180 cm³/mol. The van der Waals surface area contributed by atoms with Crippen molar-refractivity contribution in [1.29, 1.82) is 0 Å². The molecule has 0 radical (unpaired) electrons. The van der Waals surface area contributed by atoms with Gasteiger partial charge in [0.15, 0.2) is 0 Å². The number of nitrogens with zero attached hydrogens (tertiary/aromatic N) is 1. The molecule has 0 fully saturated rings. The third-order valence-corrected chi connectivity index (χ3v) is 8.00. The zero-order chi connectivity index (χ0) is 32.0. The van der Waals surface area contributed by atoms with Gasteiger partial charge in [-0.3, -0.25) is 9.69 Å². The number of methoxy groups -OCH3 is 1. The van der Waals surface area contributed by atoms with Crippen molar-refractivity contribution in [3.05, 3.63) is 123 Å². The van der Waals surface area contributed by atoms with E-state index in [1.165, 1.54) is 7.11 Å². The Balaban J connectivity index is 1.38. The van der Waals surface area contributed by atoms with Crippen molar-refractivity contribution in [1.82, 2.24) is 4.90 Å². The molecule has 0 unspecified atom stereocenters. The summed E-state index contributed by atoms with van der Waals surface area (Å²) in [7, 11) is 1.38. The number of rotatable bonds is 16. The Labute approximate surface area is 275 Å². The van der Waals surface area contributed by atoms with Crippen LogP contribution in [0.25, 0.3) is 11.1 Å². The van der Waals surface area contributed by atoms with Gasteiger partial charge < -0.3 is 14.2 Å². The van der Waals surface area contributed by atoms with E-state index in [4.69, 9.17) is 37.4 Å². The molecule has 0 N–H and O–H groups in total. The fourth-order valence-electron chi connectivity index (χ4n) is 5.03. The Kier molecular flexibility index (Phi) is 13.3. The van der Waals surface area contributed by atoms with Crippen LogP contribution < -0.4 is 4.74 Å². The third kappa shape index (κ3) is 10.6. The van der Waals surface area contributed by atoms with Gasteiger partial charge >= 0.3 is 11.9 Å². The highest BCUT2D eigenvalue weighted by Crippen LogP contribution is 2.30. The number of esters is 2. The number of unbranched alkanes of at least 4 members (excludes halogenated alkanes) is 1. The molecule has 0 spiro atoms. The average molecular weight is 649 g/mol. The van der Waals surface area contributed by atoms with E-state index in [1.807, 2.05) is 73.7 Å². The normalized spacial score (nSPS) is 11.0. The topological polar surface area (TPSA) is 65.1 Å². The lowest BCUT2D eigenvalue weighted by atomic mass is 10.0. The van der Waals surface area contributed by atoms with Crippen molar-refractivity contribution in [2.24, 2.45) is 0 Å². The van der Waals surface area contributed by atoms with Gasteiger partial charge in [-0.2, -0.15) is 0 Å². The van der Waals surface area contributed by atoms with E-state index >= 15 is 0 Å². The molecular weight excluding hydrogens is 609 g/mol. The Morgan fingerprint density at radius 3 is 2.27 bits per heavy atom. The highest BCUT2D eigenvalue weighted by atomic mass is 35.5. The summed E-state index contributed by atoms with van der Waals surface area (Å²) in [6.45, 7) is 5.00. The van der Waals surface area contributed by atoms with Gasteiger partial charge in [0.05, 0.1) is 19.3 Å². The van der Waals surface area contributed by atoms with Gasteiger partial charge in [0, 0.05) is 35.1 Å². The van der Waals surface area contributed by atoms with Crippen molar-refractivity contribution in [3.8, 4) is 16.9 Å². The number of hydrogen-bond donors (Lipinski definition) is 0. The van der Waals surface area contributed by atoms with Crippen molar-refractivity contribution in [2.45, 2.75) is 45.8 Å². The Bertz CT molecular complexity index is 1540. The van der Waals surface area contributed by atoms with Crippen molar-refractivity contribution in [2.75, 3.05) is 26.8 Å². The molecule has 4 aromatic rings. The highest BCUT2D eigenvalue weighted by molar-refractivity contribution is 6.36. The molecule has 0 atom stereocenters. The SMILES string of the molecule is CCOC(=O)CCCCN(CCc1ccccc1OCc1ccc(-c2ccc(Cl)cc2Cl)cc1)Cc1ccc(C(=O)OC)cc1. The molecule has 0 aliphatic heterocycles. The summed E-state index contributed by atoms with van der Waals surface area (Å²) in [5.41, 5.74) is 5.75. The molecule has 0 aliphatic rings. The van der Waals surface area contributed by atoms with E-state index < -0.39 is 0 Å². The summed E-state index contributed by atoms with van der Waals surface area (Å²) >= 11 is 12.4. The molecule has 0 heterocycles. The monoisotopic (exact) mass is 647 g/mol. The zero-order valence-corrected chi connectivity index (χ0v) is 27.3. The van der Waals surface area contributed by atoms with E-state index in [-0.39, 0.29) is 11.9 Å². The highest BCUT2D eigenvalue weighted by Gasteiger charge is 2.12. The van der Waals surface area contributed by atoms with Crippen LogP contribution in [0, 0.1) is 0 Å². The molecule has 8 heteroatoms. The number of para-hydroxylation sites is 1. The van der Waals surface area contributed by atoms with E-state index in [1.54, 1.807) is 18.2 Å². The second-order valence-electron chi connectivity index (χ2n) is 10.7. The summed E-state index contributed by atoms with van der Waals surface area (Å²) < 4.78 is 16.2. The third-order valence-electron chi connectivity index (χ3n) is 7.45. The van der Waals surface area contributed by atoms with Crippen LogP contribution in [0.5, 0.6) is 5.75 Å². The molecule has 0 saturated carbocycles. The lowest BCUT2D eigenvalue weighted by Gasteiger charge is -2.23.